The van der Waals surface area contributed by atoms with Crippen molar-refractivity contribution in [3.05, 3.63) is 16.8 Å². The molecule has 106 valence electrons. The number of carbonyl (C=O) groups is 1. The molecule has 0 bridgehead atoms. The van der Waals surface area contributed by atoms with E-state index in [1.165, 1.54) is 6.07 Å². The zero-order chi connectivity index (χ0) is 14.5. The van der Waals surface area contributed by atoms with E-state index in [1.807, 2.05) is 4.90 Å². The molecule has 0 unspecified atom stereocenters. The fraction of sp³-hybridized carbons (Fsp3) is 0.462. The molecule has 0 saturated carbocycles. The molecular weight excluding hydrogens is 278 g/mol. The van der Waals surface area contributed by atoms with Gasteiger partial charge in [0.25, 0.3) is 5.91 Å². The number of terminal acetylenes is 1. The SMILES string of the molecule is C#CCCN1CCN(c2nnc(Cl)cc2C(N)=O)CC1. The maximum absolute atomic E-state index is 11.5. The predicted molar refractivity (Wildman–Crippen MR) is 77.7 cm³/mol. The summed E-state index contributed by atoms with van der Waals surface area (Å²) >= 11 is 5.75. The number of primary amides is 1. The highest BCUT2D eigenvalue weighted by atomic mass is 35.5. The summed E-state index contributed by atoms with van der Waals surface area (Å²) in [6.45, 7) is 4.12. The van der Waals surface area contributed by atoms with Crippen LogP contribution < -0.4 is 10.6 Å². The van der Waals surface area contributed by atoms with Crippen LogP contribution in [0.15, 0.2) is 6.07 Å². The van der Waals surface area contributed by atoms with Crippen molar-refractivity contribution < 1.29 is 4.79 Å². The van der Waals surface area contributed by atoms with Crippen molar-refractivity contribution in [1.29, 1.82) is 0 Å². The van der Waals surface area contributed by atoms with Gasteiger partial charge in [-0.25, -0.2) is 0 Å². The number of nitrogens with zero attached hydrogens (tertiary/aromatic N) is 4. The third kappa shape index (κ3) is 3.38. The first-order valence-corrected chi connectivity index (χ1v) is 6.73. The topological polar surface area (TPSA) is 75.3 Å². The second-order valence-corrected chi connectivity index (χ2v) is 4.94. The number of hydrogen-bond donors (Lipinski definition) is 1. The van der Waals surface area contributed by atoms with Gasteiger partial charge >= 0.3 is 0 Å². The highest BCUT2D eigenvalue weighted by Gasteiger charge is 2.22. The van der Waals surface area contributed by atoms with Gasteiger partial charge in [-0.05, 0) is 6.07 Å². The van der Waals surface area contributed by atoms with E-state index in [2.05, 4.69) is 21.0 Å². The van der Waals surface area contributed by atoms with Gasteiger partial charge in [-0.1, -0.05) is 11.6 Å². The molecule has 1 aliphatic heterocycles. The summed E-state index contributed by atoms with van der Waals surface area (Å²) in [7, 11) is 0. The summed E-state index contributed by atoms with van der Waals surface area (Å²) in [5.74, 6) is 2.58. The number of halogens is 1. The van der Waals surface area contributed by atoms with E-state index in [-0.39, 0.29) is 5.15 Å². The normalized spacial score (nSPS) is 15.9. The summed E-state index contributed by atoms with van der Waals surface area (Å²) in [5, 5.41) is 7.96. The second kappa shape index (κ2) is 6.55. The van der Waals surface area contributed by atoms with Crippen molar-refractivity contribution in [2.75, 3.05) is 37.6 Å². The first-order chi connectivity index (χ1) is 9.61. The summed E-state index contributed by atoms with van der Waals surface area (Å²) < 4.78 is 0. The fourth-order valence-electron chi connectivity index (χ4n) is 2.18. The molecule has 0 radical (unpaired) electrons. The summed E-state index contributed by atoms with van der Waals surface area (Å²) in [6, 6.07) is 1.46. The first-order valence-electron chi connectivity index (χ1n) is 6.35. The van der Waals surface area contributed by atoms with Crippen molar-refractivity contribution >= 4 is 23.3 Å². The third-order valence-electron chi connectivity index (χ3n) is 3.25. The standard InChI is InChI=1S/C13H16ClN5O/c1-2-3-4-18-5-7-19(8-6-18)13-10(12(15)20)9-11(14)16-17-13/h1,9H,3-8H2,(H2,15,20). The molecular formula is C13H16ClN5O. The maximum Gasteiger partial charge on any atom is 0.252 e. The van der Waals surface area contributed by atoms with Crippen LogP contribution in [0.1, 0.15) is 16.8 Å². The average Bonchev–Trinajstić information content (AvgIpc) is 2.45. The highest BCUT2D eigenvalue weighted by molar-refractivity contribution is 6.29. The Kier molecular flexibility index (Phi) is 4.77. The van der Waals surface area contributed by atoms with Gasteiger partial charge in [-0.3, -0.25) is 9.69 Å². The second-order valence-electron chi connectivity index (χ2n) is 4.55. The molecule has 1 amide bonds. The first kappa shape index (κ1) is 14.6. The van der Waals surface area contributed by atoms with Crippen LogP contribution in [0, 0.1) is 12.3 Å². The molecule has 2 N–H and O–H groups in total. The minimum Gasteiger partial charge on any atom is -0.365 e. The smallest absolute Gasteiger partial charge is 0.252 e. The Morgan fingerprint density at radius 3 is 2.70 bits per heavy atom. The number of rotatable bonds is 4. The molecule has 1 fully saturated rings. The van der Waals surface area contributed by atoms with Crippen molar-refractivity contribution in [2.24, 2.45) is 5.73 Å². The molecule has 1 saturated heterocycles. The zero-order valence-corrected chi connectivity index (χ0v) is 11.8. The predicted octanol–water partition coefficient (Wildman–Crippen LogP) is 0.374. The Labute approximate surface area is 122 Å². The average molecular weight is 294 g/mol. The number of aromatic nitrogens is 2. The quantitative estimate of drug-likeness (QED) is 0.812. The molecule has 7 heteroatoms. The van der Waals surface area contributed by atoms with E-state index >= 15 is 0 Å². The minimum absolute atomic E-state index is 0.162. The van der Waals surface area contributed by atoms with E-state index in [1.54, 1.807) is 0 Å². The molecule has 2 heterocycles. The number of piperazine rings is 1. The van der Waals surface area contributed by atoms with Crippen molar-refractivity contribution in [1.82, 2.24) is 15.1 Å². The van der Waals surface area contributed by atoms with Crippen LogP contribution in [-0.2, 0) is 0 Å². The van der Waals surface area contributed by atoms with Crippen LogP contribution in [0.3, 0.4) is 0 Å². The number of amides is 1. The molecule has 1 aliphatic rings. The highest BCUT2D eigenvalue weighted by Crippen LogP contribution is 2.20. The lowest BCUT2D eigenvalue weighted by atomic mass is 10.2. The number of hydrogen-bond acceptors (Lipinski definition) is 5. The zero-order valence-electron chi connectivity index (χ0n) is 11.0. The van der Waals surface area contributed by atoms with Gasteiger partial charge in [0.05, 0.1) is 5.56 Å². The van der Waals surface area contributed by atoms with Crippen LogP contribution in [0.4, 0.5) is 5.82 Å². The van der Waals surface area contributed by atoms with Gasteiger partial charge in [0.1, 0.15) is 0 Å². The van der Waals surface area contributed by atoms with Crippen molar-refractivity contribution in [3.8, 4) is 12.3 Å². The molecule has 1 aromatic rings. The third-order valence-corrected chi connectivity index (χ3v) is 3.44. The van der Waals surface area contributed by atoms with Crippen LogP contribution in [0.5, 0.6) is 0 Å². The van der Waals surface area contributed by atoms with E-state index in [9.17, 15) is 4.79 Å². The van der Waals surface area contributed by atoms with Gasteiger partial charge in [0.2, 0.25) is 0 Å². The monoisotopic (exact) mass is 293 g/mol. The Morgan fingerprint density at radius 1 is 1.40 bits per heavy atom. The largest absolute Gasteiger partial charge is 0.365 e. The molecule has 20 heavy (non-hydrogen) atoms. The molecule has 2 rings (SSSR count). The minimum atomic E-state index is -0.549. The van der Waals surface area contributed by atoms with Crippen LogP contribution in [0.25, 0.3) is 0 Å². The summed E-state index contributed by atoms with van der Waals surface area (Å²) in [5.41, 5.74) is 5.67. The Bertz CT molecular complexity index is 534. The molecule has 6 nitrogen and oxygen atoms in total. The molecule has 0 spiro atoms. The van der Waals surface area contributed by atoms with E-state index in [0.29, 0.717) is 11.4 Å². The summed E-state index contributed by atoms with van der Waals surface area (Å²) in [4.78, 5) is 15.7. The molecule has 1 aromatic heterocycles. The van der Waals surface area contributed by atoms with E-state index < -0.39 is 5.91 Å². The van der Waals surface area contributed by atoms with Crippen molar-refractivity contribution in [2.45, 2.75) is 6.42 Å². The lowest BCUT2D eigenvalue weighted by Crippen LogP contribution is -2.47. The van der Waals surface area contributed by atoms with Gasteiger partial charge in [-0.2, -0.15) is 0 Å². The Morgan fingerprint density at radius 2 is 2.10 bits per heavy atom. The Balaban J connectivity index is 2.07. The van der Waals surface area contributed by atoms with Crippen molar-refractivity contribution in [3.63, 3.8) is 0 Å². The molecule has 0 aliphatic carbocycles. The summed E-state index contributed by atoms with van der Waals surface area (Å²) in [6.07, 6.45) is 6.01. The van der Waals surface area contributed by atoms with Gasteiger partial charge in [0.15, 0.2) is 11.0 Å². The van der Waals surface area contributed by atoms with Crippen LogP contribution in [0.2, 0.25) is 5.15 Å². The number of nitrogens with two attached hydrogens (primary N) is 1. The van der Waals surface area contributed by atoms with Gasteiger partial charge < -0.3 is 10.6 Å². The number of anilines is 1. The van der Waals surface area contributed by atoms with Crippen LogP contribution in [-0.4, -0.2) is 53.7 Å². The van der Waals surface area contributed by atoms with E-state index in [4.69, 9.17) is 23.8 Å². The molecule has 0 atom stereocenters. The molecule has 0 aromatic carbocycles. The van der Waals surface area contributed by atoms with Crippen LogP contribution >= 0.6 is 11.6 Å². The lowest BCUT2D eigenvalue weighted by Gasteiger charge is -2.35. The van der Waals surface area contributed by atoms with E-state index in [0.717, 1.165) is 39.1 Å². The lowest BCUT2D eigenvalue weighted by molar-refractivity contribution is 0.1000. The Hall–Kier alpha value is -1.84. The van der Waals surface area contributed by atoms with Gasteiger partial charge in [-0.15, -0.1) is 22.5 Å². The number of carbonyl (C=O) groups excluding carboxylic acids is 1. The maximum atomic E-state index is 11.5. The van der Waals surface area contributed by atoms with Gasteiger partial charge in [0, 0.05) is 39.1 Å². The fourth-order valence-corrected chi connectivity index (χ4v) is 2.33.